The van der Waals surface area contributed by atoms with E-state index in [0.717, 1.165) is 0 Å². The normalized spacial score (nSPS) is 10.7. The van der Waals surface area contributed by atoms with Crippen molar-refractivity contribution in [3.63, 3.8) is 0 Å². The van der Waals surface area contributed by atoms with Gasteiger partial charge in [0.25, 0.3) is 0 Å². The molecule has 1 aromatic carbocycles. The van der Waals surface area contributed by atoms with Crippen molar-refractivity contribution >= 4 is 46.7 Å². The molecule has 0 saturated heterocycles. The molecule has 1 aromatic heterocycles. The molecule has 1 heterocycles. The standard InChI is InChI=1S/C9H7ISe/c1-6-7-4-2-3-5-8(7)11-9(6)10/h2-5H,1H3. The average molecular weight is 321 g/mol. The first kappa shape index (κ1) is 7.84. The number of hydrogen-bond donors (Lipinski definition) is 0. The molecule has 0 unspecified atom stereocenters. The number of benzene rings is 1. The van der Waals surface area contributed by atoms with Crippen molar-refractivity contribution in [2.45, 2.75) is 6.92 Å². The third kappa shape index (κ3) is 1.28. The molecule has 56 valence electrons. The Morgan fingerprint density at radius 1 is 1.27 bits per heavy atom. The Hall–Kier alpha value is 0.209. The van der Waals surface area contributed by atoms with E-state index in [1.807, 2.05) is 0 Å². The number of halogens is 1. The fourth-order valence-electron chi connectivity index (χ4n) is 1.14. The first-order valence-electron chi connectivity index (χ1n) is 3.42. The molecular formula is C9H7ISe. The van der Waals surface area contributed by atoms with E-state index in [-0.39, 0.29) is 0 Å². The molecule has 0 atom stereocenters. The van der Waals surface area contributed by atoms with Crippen LogP contribution in [0.1, 0.15) is 5.56 Å². The van der Waals surface area contributed by atoms with Gasteiger partial charge in [0.1, 0.15) is 0 Å². The summed E-state index contributed by atoms with van der Waals surface area (Å²) in [5, 5.41) is 1.47. The SMILES string of the molecule is Cc1c(I)[se]c2ccccc12. The second kappa shape index (κ2) is 2.92. The van der Waals surface area contributed by atoms with Gasteiger partial charge in [-0.2, -0.15) is 0 Å². The molecule has 0 aliphatic rings. The van der Waals surface area contributed by atoms with Gasteiger partial charge in [-0.25, -0.2) is 0 Å². The molecule has 0 radical (unpaired) electrons. The number of aryl methyl sites for hydroxylation is 1. The van der Waals surface area contributed by atoms with Crippen LogP contribution < -0.4 is 0 Å². The summed E-state index contributed by atoms with van der Waals surface area (Å²) >= 11 is 3.06. The van der Waals surface area contributed by atoms with Gasteiger partial charge in [-0.05, 0) is 0 Å². The van der Waals surface area contributed by atoms with Crippen molar-refractivity contribution in [3.8, 4) is 0 Å². The number of hydrogen-bond acceptors (Lipinski definition) is 0. The molecule has 0 nitrogen and oxygen atoms in total. The predicted octanol–water partition coefficient (Wildman–Crippen LogP) is 2.81. The summed E-state index contributed by atoms with van der Waals surface area (Å²) in [6.07, 6.45) is 0. The van der Waals surface area contributed by atoms with E-state index in [4.69, 9.17) is 0 Å². The van der Waals surface area contributed by atoms with Crippen LogP contribution >= 0.6 is 22.6 Å². The van der Waals surface area contributed by atoms with Crippen molar-refractivity contribution in [2.24, 2.45) is 0 Å². The van der Waals surface area contributed by atoms with Gasteiger partial charge in [-0.3, -0.25) is 0 Å². The molecule has 0 amide bonds. The second-order valence-corrected chi connectivity index (χ2v) is 7.43. The predicted molar refractivity (Wildman–Crippen MR) is 58.3 cm³/mol. The van der Waals surface area contributed by atoms with Crippen molar-refractivity contribution in [2.75, 3.05) is 0 Å². The van der Waals surface area contributed by atoms with Gasteiger partial charge < -0.3 is 0 Å². The fourth-order valence-corrected chi connectivity index (χ4v) is 4.63. The molecular weight excluding hydrogens is 314 g/mol. The molecule has 2 rings (SSSR count). The first-order chi connectivity index (χ1) is 5.29. The molecule has 11 heavy (non-hydrogen) atoms. The Morgan fingerprint density at radius 2 is 2.00 bits per heavy atom. The zero-order chi connectivity index (χ0) is 7.84. The van der Waals surface area contributed by atoms with Gasteiger partial charge >= 0.3 is 85.9 Å². The summed E-state index contributed by atoms with van der Waals surface area (Å²) in [5.74, 6) is 0. The van der Waals surface area contributed by atoms with E-state index in [9.17, 15) is 0 Å². The van der Waals surface area contributed by atoms with Crippen LogP contribution in [0.5, 0.6) is 0 Å². The van der Waals surface area contributed by atoms with E-state index in [1.54, 1.807) is 6.70 Å². The summed E-state index contributed by atoms with van der Waals surface area (Å²) in [4.78, 5) is 0. The van der Waals surface area contributed by atoms with Crippen molar-refractivity contribution in [1.29, 1.82) is 0 Å². The maximum atomic E-state index is 2.46. The van der Waals surface area contributed by atoms with E-state index in [0.29, 0.717) is 14.5 Å². The van der Waals surface area contributed by atoms with Gasteiger partial charge in [0.15, 0.2) is 0 Å². The molecule has 2 aromatic rings. The van der Waals surface area contributed by atoms with Crippen LogP contribution in [0.4, 0.5) is 0 Å². The maximum absolute atomic E-state index is 2.46. The molecule has 2 heteroatoms. The topological polar surface area (TPSA) is 0 Å². The Labute approximate surface area is 85.5 Å². The Morgan fingerprint density at radius 3 is 2.73 bits per heavy atom. The summed E-state index contributed by atoms with van der Waals surface area (Å²) in [6, 6.07) is 8.71. The van der Waals surface area contributed by atoms with E-state index in [1.165, 1.54) is 10.9 Å². The zero-order valence-corrected chi connectivity index (χ0v) is 9.97. The summed E-state index contributed by atoms with van der Waals surface area (Å²) < 4.78 is 3.10. The van der Waals surface area contributed by atoms with Crippen LogP contribution in [0, 0.1) is 9.37 Å². The monoisotopic (exact) mass is 322 g/mol. The first-order valence-corrected chi connectivity index (χ1v) is 6.22. The molecule has 0 N–H and O–H groups in total. The Balaban J connectivity index is 2.92. The fraction of sp³-hybridized carbons (Fsp3) is 0.111. The molecule has 0 aliphatic heterocycles. The molecule has 0 spiro atoms. The van der Waals surface area contributed by atoms with Crippen LogP contribution in [0.3, 0.4) is 0 Å². The quantitative estimate of drug-likeness (QED) is 0.517. The van der Waals surface area contributed by atoms with Crippen LogP contribution in [0.2, 0.25) is 0 Å². The minimum absolute atomic E-state index is 0.598. The minimum atomic E-state index is 0.598. The van der Waals surface area contributed by atoms with Crippen LogP contribution in [0.15, 0.2) is 24.3 Å². The van der Waals surface area contributed by atoms with Crippen LogP contribution in [0.25, 0.3) is 9.65 Å². The van der Waals surface area contributed by atoms with Gasteiger partial charge in [0, 0.05) is 0 Å². The van der Waals surface area contributed by atoms with E-state index >= 15 is 0 Å². The van der Waals surface area contributed by atoms with Gasteiger partial charge in [0.05, 0.1) is 0 Å². The second-order valence-electron chi connectivity index (χ2n) is 2.50. The number of fused-ring (bicyclic) bond motifs is 1. The van der Waals surface area contributed by atoms with Crippen molar-refractivity contribution < 1.29 is 0 Å². The zero-order valence-electron chi connectivity index (χ0n) is 6.10. The summed E-state index contributed by atoms with van der Waals surface area (Å²) in [5.41, 5.74) is 1.49. The summed E-state index contributed by atoms with van der Waals surface area (Å²) in [7, 11) is 0. The van der Waals surface area contributed by atoms with E-state index in [2.05, 4.69) is 53.8 Å². The van der Waals surface area contributed by atoms with E-state index < -0.39 is 0 Å². The van der Waals surface area contributed by atoms with Crippen LogP contribution in [-0.2, 0) is 0 Å². The molecule has 0 fully saturated rings. The third-order valence-electron chi connectivity index (χ3n) is 1.79. The molecule has 0 saturated carbocycles. The number of rotatable bonds is 0. The molecule has 0 bridgehead atoms. The van der Waals surface area contributed by atoms with Gasteiger partial charge in [0.2, 0.25) is 0 Å². The van der Waals surface area contributed by atoms with Gasteiger partial charge in [-0.15, -0.1) is 0 Å². The Kier molecular flexibility index (Phi) is 2.08. The Bertz CT molecular complexity index is 389. The van der Waals surface area contributed by atoms with Crippen LogP contribution in [-0.4, -0.2) is 14.5 Å². The molecule has 0 aliphatic carbocycles. The average Bonchev–Trinajstić information content (AvgIpc) is 2.30. The van der Waals surface area contributed by atoms with Crippen molar-refractivity contribution in [1.82, 2.24) is 0 Å². The third-order valence-corrected chi connectivity index (χ3v) is 5.97. The summed E-state index contributed by atoms with van der Waals surface area (Å²) in [6.45, 7) is 2.22. The van der Waals surface area contributed by atoms with Gasteiger partial charge in [-0.1, -0.05) is 0 Å². The van der Waals surface area contributed by atoms with Crippen molar-refractivity contribution in [3.05, 3.63) is 32.3 Å².